The zero-order valence-corrected chi connectivity index (χ0v) is 15.9. The van der Waals surface area contributed by atoms with Gasteiger partial charge in [0.25, 0.3) is 0 Å². The lowest BCUT2D eigenvalue weighted by Crippen LogP contribution is -1.97. The molecule has 0 bridgehead atoms. The summed E-state index contributed by atoms with van der Waals surface area (Å²) in [6, 6.07) is 17.6. The first-order valence-electron chi connectivity index (χ1n) is 7.51. The summed E-state index contributed by atoms with van der Waals surface area (Å²) in [5, 5.41) is 11.8. The second kappa shape index (κ2) is 7.91. The molecule has 3 aromatic carbocycles. The highest BCUT2D eigenvalue weighted by molar-refractivity contribution is 7.95. The van der Waals surface area contributed by atoms with E-state index >= 15 is 0 Å². The van der Waals surface area contributed by atoms with Crippen molar-refractivity contribution >= 4 is 31.8 Å². The van der Waals surface area contributed by atoms with E-state index in [9.17, 15) is 18.1 Å². The summed E-state index contributed by atoms with van der Waals surface area (Å²) in [6.07, 6.45) is 4.39. The first kappa shape index (κ1) is 19.3. The molecule has 4 nitrogen and oxygen atoms in total. The van der Waals surface area contributed by atoms with Crippen molar-refractivity contribution in [2.24, 2.45) is 0 Å². The van der Waals surface area contributed by atoms with Crippen LogP contribution < -0.4 is 0 Å². The summed E-state index contributed by atoms with van der Waals surface area (Å²) in [4.78, 5) is 1.14. The Kier molecular flexibility index (Phi) is 6.11. The summed E-state index contributed by atoms with van der Waals surface area (Å²) in [7, 11) is -4.04. The number of phenols is 1. The molecule has 0 saturated heterocycles. The van der Waals surface area contributed by atoms with Crippen LogP contribution in [0.4, 0.5) is 0 Å². The molecule has 0 aromatic heterocycles. The smallest absolute Gasteiger partial charge is 0.162 e. The van der Waals surface area contributed by atoms with Crippen LogP contribution in [0.15, 0.2) is 70.5 Å². The molecule has 0 radical (unpaired) electrons. The summed E-state index contributed by atoms with van der Waals surface area (Å²) in [5.41, 5.74) is 0.928. The standard InChI is InChI=1S/C12H12OS.C7H8O3S/c1-14(2)12-8-7-11(13)9-5-3-4-6-10(9)12;1-6-2-4-7(5-3-6)11(8,9)10/h3-8H,1-2H3;2-5H,1H3,(H,8,9,10). The molecule has 0 aliphatic heterocycles. The number of benzene rings is 3. The molecule has 0 aliphatic rings. The van der Waals surface area contributed by atoms with E-state index in [1.165, 1.54) is 22.4 Å². The topological polar surface area (TPSA) is 77.4 Å². The van der Waals surface area contributed by atoms with Crippen LogP contribution in [0.1, 0.15) is 5.56 Å². The number of phenolic OH excluding ortho intramolecular Hbond substituents is 1. The summed E-state index contributed by atoms with van der Waals surface area (Å²) in [6.45, 7) is 1.82. The zero-order chi connectivity index (χ0) is 18.6. The largest absolute Gasteiger partial charge is 0.744 e. The van der Waals surface area contributed by atoms with E-state index in [1.807, 2.05) is 31.2 Å². The molecule has 132 valence electrons. The normalized spacial score (nSPS) is 11.2. The van der Waals surface area contributed by atoms with Crippen molar-refractivity contribution in [3.63, 3.8) is 0 Å². The number of fused-ring (bicyclic) bond motifs is 1. The molecule has 6 heteroatoms. The molecule has 0 atom stereocenters. The third-order valence-corrected chi connectivity index (χ3v) is 5.70. The van der Waals surface area contributed by atoms with Crippen LogP contribution in [0.5, 0.6) is 5.75 Å². The molecule has 3 aromatic rings. The molecular formula is C19H20O4S2. The number of hydrogen-bond donors (Lipinski definition) is 1. The molecule has 0 unspecified atom stereocenters. The Bertz CT molecular complexity index is 962. The van der Waals surface area contributed by atoms with E-state index in [4.69, 9.17) is 0 Å². The summed E-state index contributed by atoms with van der Waals surface area (Å²) < 4.78 is 31.2. The van der Waals surface area contributed by atoms with Crippen LogP contribution >= 0.6 is 0 Å². The Hall–Kier alpha value is -2.02. The third-order valence-electron chi connectivity index (χ3n) is 3.61. The summed E-state index contributed by atoms with van der Waals surface area (Å²) in [5.74, 6) is 0.370. The van der Waals surface area contributed by atoms with Gasteiger partial charge in [0.1, 0.15) is 28.4 Å². The molecule has 0 saturated carbocycles. The third kappa shape index (κ3) is 4.98. The molecule has 3 rings (SSSR count). The van der Waals surface area contributed by atoms with Gasteiger partial charge in [0.05, 0.1) is 4.90 Å². The Morgan fingerprint density at radius 2 is 1.44 bits per heavy atom. The van der Waals surface area contributed by atoms with Gasteiger partial charge in [0.2, 0.25) is 0 Å². The van der Waals surface area contributed by atoms with E-state index in [0.717, 1.165) is 10.9 Å². The second-order valence-electron chi connectivity index (χ2n) is 5.71. The maximum Gasteiger partial charge on any atom is 0.162 e. The maximum absolute atomic E-state index is 10.4. The molecule has 0 aliphatic carbocycles. The highest BCUT2D eigenvalue weighted by Crippen LogP contribution is 2.29. The van der Waals surface area contributed by atoms with Gasteiger partial charge in [-0.2, -0.15) is 0 Å². The predicted octanol–water partition coefficient (Wildman–Crippen LogP) is 3.68. The van der Waals surface area contributed by atoms with Crippen LogP contribution in [0.2, 0.25) is 0 Å². The monoisotopic (exact) mass is 376 g/mol. The molecule has 1 N–H and O–H groups in total. The van der Waals surface area contributed by atoms with Gasteiger partial charge in [-0.15, -0.1) is 0 Å². The molecule has 0 fully saturated rings. The van der Waals surface area contributed by atoms with Crippen molar-refractivity contribution < 1.29 is 18.1 Å². The average molecular weight is 376 g/mol. The highest BCUT2D eigenvalue weighted by Gasteiger charge is 2.14. The second-order valence-corrected chi connectivity index (χ2v) is 9.16. The van der Waals surface area contributed by atoms with Crippen LogP contribution in [-0.2, 0) is 21.0 Å². The van der Waals surface area contributed by atoms with Crippen LogP contribution in [0.25, 0.3) is 10.8 Å². The maximum atomic E-state index is 10.4. The van der Waals surface area contributed by atoms with E-state index in [0.29, 0.717) is 5.75 Å². The highest BCUT2D eigenvalue weighted by atomic mass is 32.2. The fourth-order valence-electron chi connectivity index (χ4n) is 2.32. The summed E-state index contributed by atoms with van der Waals surface area (Å²) >= 11 is 0. The van der Waals surface area contributed by atoms with Crippen molar-refractivity contribution in [1.29, 1.82) is 0 Å². The minimum Gasteiger partial charge on any atom is -0.744 e. The lowest BCUT2D eigenvalue weighted by atomic mass is 10.1. The minimum absolute atomic E-state index is 0.178. The lowest BCUT2D eigenvalue weighted by Gasteiger charge is -2.05. The molecule has 0 heterocycles. The zero-order valence-electron chi connectivity index (χ0n) is 14.3. The van der Waals surface area contributed by atoms with Crippen LogP contribution in [0.3, 0.4) is 0 Å². The van der Waals surface area contributed by atoms with Crippen LogP contribution in [-0.4, -0.2) is 30.6 Å². The van der Waals surface area contributed by atoms with Crippen molar-refractivity contribution in [3.8, 4) is 5.75 Å². The first-order chi connectivity index (χ1) is 11.7. The number of aromatic hydroxyl groups is 1. The van der Waals surface area contributed by atoms with Crippen molar-refractivity contribution in [2.45, 2.75) is 16.7 Å². The number of hydrogen-bond acceptors (Lipinski definition) is 4. The van der Waals surface area contributed by atoms with E-state index in [2.05, 4.69) is 18.6 Å². The fraction of sp³-hybridized carbons (Fsp3) is 0.158. The van der Waals surface area contributed by atoms with Gasteiger partial charge in [-0.3, -0.25) is 0 Å². The van der Waals surface area contributed by atoms with E-state index in [-0.39, 0.29) is 15.8 Å². The van der Waals surface area contributed by atoms with Gasteiger partial charge in [0, 0.05) is 21.7 Å². The van der Waals surface area contributed by atoms with Crippen LogP contribution in [0, 0.1) is 6.92 Å². The van der Waals surface area contributed by atoms with E-state index in [1.54, 1.807) is 18.2 Å². The lowest BCUT2D eigenvalue weighted by molar-refractivity contribution is 0.463. The first-order valence-corrected chi connectivity index (χ1v) is 11.0. The molecule has 25 heavy (non-hydrogen) atoms. The van der Waals surface area contributed by atoms with Gasteiger partial charge in [-0.25, -0.2) is 8.42 Å². The Morgan fingerprint density at radius 3 is 1.96 bits per heavy atom. The van der Waals surface area contributed by atoms with Gasteiger partial charge < -0.3 is 9.66 Å². The Morgan fingerprint density at radius 1 is 0.880 bits per heavy atom. The Labute approximate surface area is 151 Å². The van der Waals surface area contributed by atoms with E-state index < -0.39 is 10.1 Å². The molecular weight excluding hydrogens is 356 g/mol. The average Bonchev–Trinajstić information content (AvgIpc) is 2.55. The molecule has 0 amide bonds. The minimum atomic E-state index is -4.27. The van der Waals surface area contributed by atoms with Gasteiger partial charge in [0.15, 0.2) is 4.90 Å². The Balaban J connectivity index is 0.000000186. The SMILES string of the molecule is C[S+](C)c1ccc(O)c2ccccc12.Cc1ccc(S(=O)(=O)[O-])cc1. The van der Waals surface area contributed by atoms with Crippen molar-refractivity contribution in [1.82, 2.24) is 0 Å². The van der Waals surface area contributed by atoms with Gasteiger partial charge in [-0.1, -0.05) is 35.9 Å². The van der Waals surface area contributed by atoms with Crippen molar-refractivity contribution in [2.75, 3.05) is 12.5 Å². The van der Waals surface area contributed by atoms with Gasteiger partial charge >= 0.3 is 0 Å². The quantitative estimate of drug-likeness (QED) is 0.547. The predicted molar refractivity (Wildman–Crippen MR) is 102 cm³/mol. The fourth-order valence-corrected chi connectivity index (χ4v) is 3.74. The molecule has 0 spiro atoms. The number of rotatable bonds is 2. The number of aryl methyl sites for hydroxylation is 1. The van der Waals surface area contributed by atoms with Crippen molar-refractivity contribution in [3.05, 3.63) is 66.2 Å². The van der Waals surface area contributed by atoms with Gasteiger partial charge in [-0.05, 0) is 37.3 Å².